The lowest BCUT2D eigenvalue weighted by Gasteiger charge is -2.08. The summed E-state index contributed by atoms with van der Waals surface area (Å²) in [4.78, 5) is 0. The van der Waals surface area contributed by atoms with Gasteiger partial charge in [-0.2, -0.15) is 0 Å². The highest BCUT2D eigenvalue weighted by Crippen LogP contribution is 2.33. The first-order chi connectivity index (χ1) is 7.81. The van der Waals surface area contributed by atoms with Crippen LogP contribution in [0.3, 0.4) is 0 Å². The van der Waals surface area contributed by atoms with Crippen LogP contribution in [-0.2, 0) is 11.2 Å². The topological polar surface area (TPSA) is 38.7 Å². The first kappa shape index (κ1) is 11.4. The standard InChI is InChI=1S/C13H18O3/c1-15-7-2-8-16-11-4-5-12-10(9-11)3-6-13(12)14/h4-5,9,13-14H,2-3,6-8H2,1H3/t13-/m1/s1. The fraction of sp³-hybridized carbons (Fsp3) is 0.538. The Kier molecular flexibility index (Phi) is 3.80. The molecule has 0 saturated heterocycles. The van der Waals surface area contributed by atoms with Crippen molar-refractivity contribution in [1.82, 2.24) is 0 Å². The van der Waals surface area contributed by atoms with Gasteiger partial charge in [-0.05, 0) is 36.1 Å². The van der Waals surface area contributed by atoms with E-state index in [1.54, 1.807) is 7.11 Å². The van der Waals surface area contributed by atoms with E-state index < -0.39 is 0 Å². The molecule has 0 radical (unpaired) electrons. The Labute approximate surface area is 96.0 Å². The Hall–Kier alpha value is -1.06. The maximum Gasteiger partial charge on any atom is 0.119 e. The summed E-state index contributed by atoms with van der Waals surface area (Å²) in [7, 11) is 1.69. The van der Waals surface area contributed by atoms with Gasteiger partial charge in [0.05, 0.1) is 12.7 Å². The molecule has 0 aliphatic heterocycles. The number of aliphatic hydroxyl groups excluding tert-OH is 1. The molecule has 0 unspecified atom stereocenters. The molecule has 1 aromatic rings. The normalized spacial score (nSPS) is 18.5. The number of fused-ring (bicyclic) bond motifs is 1. The number of ether oxygens (including phenoxy) is 2. The largest absolute Gasteiger partial charge is 0.493 e. The molecule has 1 aromatic carbocycles. The van der Waals surface area contributed by atoms with Crippen LogP contribution < -0.4 is 4.74 Å². The summed E-state index contributed by atoms with van der Waals surface area (Å²) in [6, 6.07) is 5.94. The average molecular weight is 222 g/mol. The SMILES string of the molecule is COCCCOc1ccc2c(c1)CC[C@H]2O. The average Bonchev–Trinajstić information content (AvgIpc) is 2.66. The van der Waals surface area contributed by atoms with E-state index in [9.17, 15) is 5.11 Å². The fourth-order valence-corrected chi connectivity index (χ4v) is 2.05. The second kappa shape index (κ2) is 5.32. The summed E-state index contributed by atoms with van der Waals surface area (Å²) >= 11 is 0. The van der Waals surface area contributed by atoms with Gasteiger partial charge in [0.1, 0.15) is 5.75 Å². The molecule has 3 nitrogen and oxygen atoms in total. The van der Waals surface area contributed by atoms with Crippen LogP contribution in [0.1, 0.15) is 30.1 Å². The molecule has 1 aliphatic carbocycles. The number of rotatable bonds is 5. The van der Waals surface area contributed by atoms with Gasteiger partial charge in [-0.1, -0.05) is 6.07 Å². The number of methoxy groups -OCH3 is 1. The maximum absolute atomic E-state index is 9.66. The number of hydrogen-bond acceptors (Lipinski definition) is 3. The lowest BCUT2D eigenvalue weighted by atomic mass is 10.1. The van der Waals surface area contributed by atoms with Crippen molar-refractivity contribution in [1.29, 1.82) is 0 Å². The summed E-state index contributed by atoms with van der Waals surface area (Å²) < 4.78 is 10.6. The molecule has 1 aliphatic rings. The van der Waals surface area contributed by atoms with E-state index in [0.717, 1.165) is 37.2 Å². The van der Waals surface area contributed by atoms with Gasteiger partial charge in [-0.15, -0.1) is 0 Å². The molecule has 0 saturated carbocycles. The minimum Gasteiger partial charge on any atom is -0.493 e. The van der Waals surface area contributed by atoms with Crippen molar-refractivity contribution in [2.24, 2.45) is 0 Å². The van der Waals surface area contributed by atoms with Gasteiger partial charge in [0.25, 0.3) is 0 Å². The van der Waals surface area contributed by atoms with Crippen LogP contribution in [0.15, 0.2) is 18.2 Å². The van der Waals surface area contributed by atoms with Crippen LogP contribution in [0.25, 0.3) is 0 Å². The fourth-order valence-electron chi connectivity index (χ4n) is 2.05. The number of aliphatic hydroxyl groups is 1. The quantitative estimate of drug-likeness (QED) is 0.775. The third kappa shape index (κ3) is 2.54. The van der Waals surface area contributed by atoms with E-state index in [0.29, 0.717) is 6.61 Å². The van der Waals surface area contributed by atoms with E-state index in [4.69, 9.17) is 9.47 Å². The van der Waals surface area contributed by atoms with Crippen molar-refractivity contribution in [2.45, 2.75) is 25.4 Å². The molecule has 0 heterocycles. The summed E-state index contributed by atoms with van der Waals surface area (Å²) in [5.74, 6) is 0.893. The summed E-state index contributed by atoms with van der Waals surface area (Å²) in [6.45, 7) is 1.40. The van der Waals surface area contributed by atoms with E-state index >= 15 is 0 Å². The first-order valence-corrected chi connectivity index (χ1v) is 5.74. The molecule has 0 aromatic heterocycles. The molecule has 88 valence electrons. The Morgan fingerprint density at radius 3 is 3.06 bits per heavy atom. The number of aryl methyl sites for hydroxylation is 1. The Bertz CT molecular complexity index is 349. The third-order valence-electron chi connectivity index (χ3n) is 2.92. The summed E-state index contributed by atoms with van der Waals surface area (Å²) in [6.07, 6.45) is 2.40. The molecule has 0 fully saturated rings. The summed E-state index contributed by atoms with van der Waals surface area (Å²) in [5, 5.41) is 9.66. The first-order valence-electron chi connectivity index (χ1n) is 5.74. The zero-order chi connectivity index (χ0) is 11.4. The van der Waals surface area contributed by atoms with Crippen molar-refractivity contribution in [3.63, 3.8) is 0 Å². The van der Waals surface area contributed by atoms with Crippen LogP contribution >= 0.6 is 0 Å². The van der Waals surface area contributed by atoms with E-state index in [2.05, 4.69) is 0 Å². The zero-order valence-electron chi connectivity index (χ0n) is 9.61. The molecule has 1 N–H and O–H groups in total. The van der Waals surface area contributed by atoms with Gasteiger partial charge in [0.2, 0.25) is 0 Å². The van der Waals surface area contributed by atoms with Crippen molar-refractivity contribution in [2.75, 3.05) is 20.3 Å². The second-order valence-corrected chi connectivity index (χ2v) is 4.11. The molecule has 0 amide bonds. The molecule has 3 heteroatoms. The van der Waals surface area contributed by atoms with Crippen molar-refractivity contribution >= 4 is 0 Å². The highest BCUT2D eigenvalue weighted by molar-refractivity contribution is 5.39. The van der Waals surface area contributed by atoms with Crippen molar-refractivity contribution in [3.05, 3.63) is 29.3 Å². The monoisotopic (exact) mass is 222 g/mol. The summed E-state index contributed by atoms with van der Waals surface area (Å²) in [5.41, 5.74) is 2.28. The van der Waals surface area contributed by atoms with Crippen LogP contribution in [0.2, 0.25) is 0 Å². The lowest BCUT2D eigenvalue weighted by molar-refractivity contribution is 0.172. The van der Waals surface area contributed by atoms with E-state index in [-0.39, 0.29) is 6.10 Å². The smallest absolute Gasteiger partial charge is 0.119 e. The second-order valence-electron chi connectivity index (χ2n) is 4.11. The molecule has 16 heavy (non-hydrogen) atoms. The van der Waals surface area contributed by atoms with Crippen LogP contribution in [-0.4, -0.2) is 25.4 Å². The van der Waals surface area contributed by atoms with Crippen LogP contribution in [0.4, 0.5) is 0 Å². The predicted molar refractivity (Wildman–Crippen MR) is 61.7 cm³/mol. The van der Waals surface area contributed by atoms with Gasteiger partial charge in [0, 0.05) is 20.1 Å². The third-order valence-corrected chi connectivity index (χ3v) is 2.92. The van der Waals surface area contributed by atoms with Gasteiger partial charge >= 0.3 is 0 Å². The molecular formula is C13H18O3. The Morgan fingerprint density at radius 2 is 2.25 bits per heavy atom. The zero-order valence-corrected chi connectivity index (χ0v) is 9.61. The van der Waals surface area contributed by atoms with Crippen molar-refractivity contribution in [3.8, 4) is 5.75 Å². The van der Waals surface area contributed by atoms with Crippen LogP contribution in [0.5, 0.6) is 5.75 Å². The molecule has 0 bridgehead atoms. The highest BCUT2D eigenvalue weighted by atomic mass is 16.5. The minimum atomic E-state index is -0.280. The number of hydrogen-bond donors (Lipinski definition) is 1. The number of benzene rings is 1. The van der Waals surface area contributed by atoms with E-state index in [1.807, 2.05) is 18.2 Å². The minimum absolute atomic E-state index is 0.280. The molecule has 2 rings (SSSR count). The molecular weight excluding hydrogens is 204 g/mol. The highest BCUT2D eigenvalue weighted by Gasteiger charge is 2.20. The lowest BCUT2D eigenvalue weighted by Crippen LogP contribution is -2.01. The maximum atomic E-state index is 9.66. The van der Waals surface area contributed by atoms with Gasteiger partial charge in [0.15, 0.2) is 0 Å². The van der Waals surface area contributed by atoms with Gasteiger partial charge in [-0.3, -0.25) is 0 Å². The molecule has 1 atom stereocenters. The van der Waals surface area contributed by atoms with Crippen molar-refractivity contribution < 1.29 is 14.6 Å². The van der Waals surface area contributed by atoms with Gasteiger partial charge < -0.3 is 14.6 Å². The van der Waals surface area contributed by atoms with E-state index in [1.165, 1.54) is 5.56 Å². The predicted octanol–water partition coefficient (Wildman–Crippen LogP) is 2.08. The Morgan fingerprint density at radius 1 is 1.38 bits per heavy atom. The Balaban J connectivity index is 1.92. The van der Waals surface area contributed by atoms with Crippen LogP contribution in [0, 0.1) is 0 Å². The molecule has 0 spiro atoms. The van der Waals surface area contributed by atoms with Gasteiger partial charge in [-0.25, -0.2) is 0 Å².